The molecule has 1 heterocycles. The van der Waals surface area contributed by atoms with Crippen LogP contribution in [0.25, 0.3) is 0 Å². The van der Waals surface area contributed by atoms with Gasteiger partial charge in [-0.3, -0.25) is 0 Å². The number of anilines is 1. The minimum absolute atomic E-state index is 0.106. The molecule has 20 heavy (non-hydrogen) atoms. The van der Waals surface area contributed by atoms with Crippen molar-refractivity contribution in [3.05, 3.63) is 23.3 Å². The van der Waals surface area contributed by atoms with E-state index in [0.717, 1.165) is 36.8 Å². The first-order valence-corrected chi connectivity index (χ1v) is 8.70. The maximum Gasteiger partial charge on any atom is 0.245 e. The van der Waals surface area contributed by atoms with Crippen molar-refractivity contribution in [1.29, 1.82) is 0 Å². The largest absolute Gasteiger partial charge is 0.398 e. The van der Waals surface area contributed by atoms with Crippen molar-refractivity contribution in [1.82, 2.24) is 4.31 Å². The summed E-state index contributed by atoms with van der Waals surface area (Å²) in [4.78, 5) is 0.265. The lowest BCUT2D eigenvalue weighted by molar-refractivity contribution is 0.246. The van der Waals surface area contributed by atoms with Crippen LogP contribution in [-0.2, 0) is 10.0 Å². The molecule has 5 heteroatoms. The number of aryl methyl sites for hydroxylation is 2. The lowest BCUT2D eigenvalue weighted by atomic mass is 10.0. The number of nitrogen functional groups attached to an aromatic ring is 1. The van der Waals surface area contributed by atoms with E-state index in [-0.39, 0.29) is 10.9 Å². The first-order chi connectivity index (χ1) is 9.37. The lowest BCUT2D eigenvalue weighted by Gasteiger charge is -2.34. The number of rotatable bonds is 3. The smallest absolute Gasteiger partial charge is 0.245 e. The number of sulfonamides is 1. The standard InChI is InChI=1S/C15H24N2O2S/c1-4-13-7-5-6-8-17(13)20(18,19)15-10-12(3)11(2)9-14(15)16/h9-10,13H,4-8,16H2,1-3H3. The van der Waals surface area contributed by atoms with Crippen molar-refractivity contribution in [3.8, 4) is 0 Å². The molecule has 1 aromatic carbocycles. The van der Waals surface area contributed by atoms with E-state index in [0.29, 0.717) is 12.2 Å². The zero-order chi connectivity index (χ0) is 14.9. The summed E-state index contributed by atoms with van der Waals surface area (Å²) in [6.07, 6.45) is 3.83. The molecule has 1 aromatic rings. The summed E-state index contributed by atoms with van der Waals surface area (Å²) in [7, 11) is -3.48. The van der Waals surface area contributed by atoms with Crippen molar-refractivity contribution in [2.75, 3.05) is 12.3 Å². The van der Waals surface area contributed by atoms with Crippen LogP contribution in [0.2, 0.25) is 0 Å². The van der Waals surface area contributed by atoms with E-state index in [2.05, 4.69) is 0 Å². The average molecular weight is 296 g/mol. The molecule has 0 saturated carbocycles. The Balaban J connectivity index is 2.46. The zero-order valence-electron chi connectivity index (χ0n) is 12.5. The fraction of sp³-hybridized carbons (Fsp3) is 0.600. The second-order valence-electron chi connectivity index (χ2n) is 5.65. The van der Waals surface area contributed by atoms with Crippen LogP contribution in [0.1, 0.15) is 43.7 Å². The summed E-state index contributed by atoms with van der Waals surface area (Å²) in [6, 6.07) is 3.57. The quantitative estimate of drug-likeness (QED) is 0.872. The first-order valence-electron chi connectivity index (χ1n) is 7.26. The van der Waals surface area contributed by atoms with Gasteiger partial charge < -0.3 is 5.73 Å². The summed E-state index contributed by atoms with van der Waals surface area (Å²) in [6.45, 7) is 6.51. The highest BCUT2D eigenvalue weighted by molar-refractivity contribution is 7.89. The van der Waals surface area contributed by atoms with Gasteiger partial charge in [0.1, 0.15) is 4.90 Å². The monoisotopic (exact) mass is 296 g/mol. The first kappa shape index (κ1) is 15.3. The van der Waals surface area contributed by atoms with Gasteiger partial charge in [0, 0.05) is 12.6 Å². The Bertz CT molecular complexity index is 596. The number of piperidine rings is 1. The van der Waals surface area contributed by atoms with E-state index in [1.165, 1.54) is 0 Å². The predicted octanol–water partition coefficient (Wildman–Crippen LogP) is 2.84. The molecule has 0 spiro atoms. The summed E-state index contributed by atoms with van der Waals surface area (Å²) >= 11 is 0. The van der Waals surface area contributed by atoms with Gasteiger partial charge >= 0.3 is 0 Å². The molecule has 0 amide bonds. The van der Waals surface area contributed by atoms with Gasteiger partial charge in [0.05, 0.1) is 5.69 Å². The van der Waals surface area contributed by atoms with Crippen LogP contribution < -0.4 is 5.73 Å². The molecule has 0 bridgehead atoms. The summed E-state index contributed by atoms with van der Waals surface area (Å²) in [5.41, 5.74) is 8.30. The average Bonchev–Trinajstić information content (AvgIpc) is 2.42. The predicted molar refractivity (Wildman–Crippen MR) is 82.2 cm³/mol. The second-order valence-corrected chi connectivity index (χ2v) is 7.51. The molecule has 4 nitrogen and oxygen atoms in total. The minimum Gasteiger partial charge on any atom is -0.398 e. The van der Waals surface area contributed by atoms with Crippen LogP contribution >= 0.6 is 0 Å². The zero-order valence-corrected chi connectivity index (χ0v) is 13.3. The number of nitrogens with zero attached hydrogens (tertiary/aromatic N) is 1. The molecular formula is C15H24N2O2S. The van der Waals surface area contributed by atoms with Gasteiger partial charge in [-0.15, -0.1) is 0 Å². The third-order valence-corrected chi connectivity index (χ3v) is 6.26. The number of nitrogens with two attached hydrogens (primary N) is 1. The summed E-state index contributed by atoms with van der Waals surface area (Å²) in [5.74, 6) is 0. The topological polar surface area (TPSA) is 63.4 Å². The van der Waals surface area contributed by atoms with E-state index < -0.39 is 10.0 Å². The molecule has 1 aliphatic heterocycles. The Hall–Kier alpha value is -1.07. The molecule has 1 fully saturated rings. The van der Waals surface area contributed by atoms with Crippen LogP contribution in [0.3, 0.4) is 0 Å². The Morgan fingerprint density at radius 3 is 2.55 bits per heavy atom. The van der Waals surface area contributed by atoms with Crippen molar-refractivity contribution >= 4 is 15.7 Å². The van der Waals surface area contributed by atoms with Crippen LogP contribution in [0, 0.1) is 13.8 Å². The molecule has 112 valence electrons. The third-order valence-electron chi connectivity index (χ3n) is 4.26. The molecular weight excluding hydrogens is 272 g/mol. The van der Waals surface area contributed by atoms with Gasteiger partial charge in [-0.1, -0.05) is 13.3 Å². The highest BCUT2D eigenvalue weighted by atomic mass is 32.2. The van der Waals surface area contributed by atoms with Gasteiger partial charge in [0.15, 0.2) is 0 Å². The van der Waals surface area contributed by atoms with Crippen molar-refractivity contribution in [2.45, 2.75) is 57.4 Å². The van der Waals surface area contributed by atoms with E-state index in [1.54, 1.807) is 16.4 Å². The van der Waals surface area contributed by atoms with Gasteiger partial charge in [-0.2, -0.15) is 4.31 Å². The van der Waals surface area contributed by atoms with Gasteiger partial charge in [0.25, 0.3) is 0 Å². The maximum absolute atomic E-state index is 12.9. The van der Waals surface area contributed by atoms with E-state index in [1.807, 2.05) is 20.8 Å². The fourth-order valence-corrected chi connectivity index (χ4v) is 4.81. The van der Waals surface area contributed by atoms with Crippen molar-refractivity contribution < 1.29 is 8.42 Å². The Labute approximate surface area is 122 Å². The van der Waals surface area contributed by atoms with Crippen LogP contribution in [0.15, 0.2) is 17.0 Å². The molecule has 2 N–H and O–H groups in total. The minimum atomic E-state index is -3.48. The highest BCUT2D eigenvalue weighted by Gasteiger charge is 2.33. The molecule has 1 atom stereocenters. The number of benzene rings is 1. The van der Waals surface area contributed by atoms with Gasteiger partial charge in [0.2, 0.25) is 10.0 Å². The van der Waals surface area contributed by atoms with Crippen LogP contribution in [-0.4, -0.2) is 25.3 Å². The summed E-state index contributed by atoms with van der Waals surface area (Å²) < 4.78 is 27.4. The van der Waals surface area contributed by atoms with E-state index in [9.17, 15) is 8.42 Å². The Morgan fingerprint density at radius 2 is 1.90 bits per heavy atom. The normalized spacial score (nSPS) is 21.1. The fourth-order valence-electron chi connectivity index (χ4n) is 2.86. The van der Waals surface area contributed by atoms with E-state index in [4.69, 9.17) is 5.73 Å². The molecule has 2 rings (SSSR count). The van der Waals surface area contributed by atoms with Gasteiger partial charge in [-0.25, -0.2) is 8.42 Å². The van der Waals surface area contributed by atoms with Crippen LogP contribution in [0.4, 0.5) is 5.69 Å². The van der Waals surface area contributed by atoms with Crippen molar-refractivity contribution in [2.24, 2.45) is 0 Å². The lowest BCUT2D eigenvalue weighted by Crippen LogP contribution is -2.43. The third kappa shape index (κ3) is 2.69. The summed E-state index contributed by atoms with van der Waals surface area (Å²) in [5, 5.41) is 0. The Morgan fingerprint density at radius 1 is 1.25 bits per heavy atom. The highest BCUT2D eigenvalue weighted by Crippen LogP contribution is 2.31. The van der Waals surface area contributed by atoms with Crippen LogP contribution in [0.5, 0.6) is 0 Å². The number of hydrogen-bond acceptors (Lipinski definition) is 3. The molecule has 0 aliphatic carbocycles. The maximum atomic E-state index is 12.9. The SMILES string of the molecule is CCC1CCCCN1S(=O)(=O)c1cc(C)c(C)cc1N. The second kappa shape index (κ2) is 5.74. The van der Waals surface area contributed by atoms with Crippen molar-refractivity contribution in [3.63, 3.8) is 0 Å². The van der Waals surface area contributed by atoms with E-state index >= 15 is 0 Å². The Kier molecular flexibility index (Phi) is 4.39. The molecule has 1 saturated heterocycles. The molecule has 1 unspecified atom stereocenters. The molecule has 0 radical (unpaired) electrons. The number of hydrogen-bond donors (Lipinski definition) is 1. The molecule has 1 aliphatic rings. The molecule has 0 aromatic heterocycles. The van der Waals surface area contributed by atoms with Gasteiger partial charge in [-0.05, 0) is 56.4 Å².